The third kappa shape index (κ3) is 6.67. The van der Waals surface area contributed by atoms with E-state index in [9.17, 15) is 4.79 Å². The van der Waals surface area contributed by atoms with Crippen LogP contribution in [0.4, 0.5) is 0 Å². The van der Waals surface area contributed by atoms with Crippen molar-refractivity contribution >= 4 is 5.97 Å². The summed E-state index contributed by atoms with van der Waals surface area (Å²) in [5, 5.41) is 8.79. The molecule has 0 aromatic rings. The quantitative estimate of drug-likeness (QED) is 0.551. The van der Waals surface area contributed by atoms with Gasteiger partial charge in [-0.15, -0.1) is 0 Å². The molecule has 0 aromatic carbocycles. The monoisotopic (exact) mass is 242 g/mol. The number of hydrogen-bond donors (Lipinski definition) is 1. The largest absolute Gasteiger partial charge is 0.460 e. The van der Waals surface area contributed by atoms with E-state index in [2.05, 4.69) is 0 Å². The zero-order chi connectivity index (χ0) is 12.9. The summed E-state index contributed by atoms with van der Waals surface area (Å²) in [6.45, 7) is 6.01. The van der Waals surface area contributed by atoms with Crippen LogP contribution in [0.5, 0.6) is 0 Å². The molecule has 0 heterocycles. The minimum atomic E-state index is -0.361. The molecule has 0 aromatic heterocycles. The van der Waals surface area contributed by atoms with Crippen LogP contribution >= 0.6 is 0 Å². The molecule has 0 bridgehead atoms. The fourth-order valence-electron chi connectivity index (χ4n) is 2.25. The van der Waals surface area contributed by atoms with E-state index in [-0.39, 0.29) is 11.6 Å². The van der Waals surface area contributed by atoms with Crippen molar-refractivity contribution in [2.75, 3.05) is 6.61 Å². The van der Waals surface area contributed by atoms with E-state index < -0.39 is 0 Å². The molecule has 1 rings (SSSR count). The third-order valence-corrected chi connectivity index (χ3v) is 3.19. The molecule has 0 radical (unpaired) electrons. The number of ether oxygens (including phenoxy) is 1. The topological polar surface area (TPSA) is 46.5 Å². The van der Waals surface area contributed by atoms with Gasteiger partial charge in [0.25, 0.3) is 0 Å². The van der Waals surface area contributed by atoms with Crippen LogP contribution < -0.4 is 0 Å². The second-order valence-corrected chi connectivity index (χ2v) is 6.10. The molecule has 3 heteroatoms. The summed E-state index contributed by atoms with van der Waals surface area (Å²) in [7, 11) is 0. The Morgan fingerprint density at radius 2 is 1.88 bits per heavy atom. The molecule has 17 heavy (non-hydrogen) atoms. The fourth-order valence-corrected chi connectivity index (χ4v) is 2.25. The molecule has 3 nitrogen and oxygen atoms in total. The lowest BCUT2D eigenvalue weighted by Gasteiger charge is -2.19. The van der Waals surface area contributed by atoms with E-state index >= 15 is 0 Å². The molecule has 1 N–H and O–H groups in total. The van der Waals surface area contributed by atoms with Crippen LogP contribution in [0.25, 0.3) is 0 Å². The van der Waals surface area contributed by atoms with E-state index in [1.165, 1.54) is 12.8 Å². The van der Waals surface area contributed by atoms with Crippen molar-refractivity contribution in [2.24, 2.45) is 11.8 Å². The Morgan fingerprint density at radius 3 is 2.47 bits per heavy atom. The Labute approximate surface area is 105 Å². The summed E-state index contributed by atoms with van der Waals surface area (Å²) < 4.78 is 5.25. The first-order chi connectivity index (χ1) is 7.92. The van der Waals surface area contributed by atoms with Crippen molar-refractivity contribution in [1.82, 2.24) is 0 Å². The number of hydrogen-bond acceptors (Lipinski definition) is 3. The summed E-state index contributed by atoms with van der Waals surface area (Å²) in [6, 6.07) is 0. The summed E-state index contributed by atoms with van der Waals surface area (Å²) in [6.07, 6.45) is 5.99. The van der Waals surface area contributed by atoms with Crippen molar-refractivity contribution in [2.45, 2.75) is 64.9 Å². The first-order valence-corrected chi connectivity index (χ1v) is 6.75. The predicted octanol–water partition coefficient (Wildman–Crippen LogP) is 2.91. The molecule has 1 aliphatic rings. The molecule has 100 valence electrons. The Morgan fingerprint density at radius 1 is 1.24 bits per heavy atom. The molecule has 0 saturated heterocycles. The van der Waals surface area contributed by atoms with Crippen LogP contribution in [0.15, 0.2) is 0 Å². The second-order valence-electron chi connectivity index (χ2n) is 6.10. The minimum Gasteiger partial charge on any atom is -0.460 e. The predicted molar refractivity (Wildman–Crippen MR) is 67.6 cm³/mol. The summed E-state index contributed by atoms with van der Waals surface area (Å²) in [4.78, 5) is 11.4. The van der Waals surface area contributed by atoms with Crippen LogP contribution in [-0.4, -0.2) is 23.3 Å². The standard InChI is InChI=1S/C14H26O3/c1-14(2,3)17-13(16)7-5-4-6-11-10-12(11)8-9-15/h11-12,15H,4-10H2,1-3H3/t11-,12-/m1/s1. The van der Waals surface area contributed by atoms with Crippen molar-refractivity contribution < 1.29 is 14.6 Å². The molecule has 1 aliphatic carbocycles. The Bertz CT molecular complexity index is 242. The highest BCUT2D eigenvalue weighted by Crippen LogP contribution is 2.44. The number of esters is 1. The highest BCUT2D eigenvalue weighted by atomic mass is 16.6. The number of aliphatic hydroxyl groups is 1. The van der Waals surface area contributed by atoms with Gasteiger partial charge in [0.15, 0.2) is 0 Å². The lowest BCUT2D eigenvalue weighted by atomic mass is 10.1. The van der Waals surface area contributed by atoms with Gasteiger partial charge in [0.1, 0.15) is 5.60 Å². The van der Waals surface area contributed by atoms with Gasteiger partial charge in [0.05, 0.1) is 0 Å². The second kappa shape index (κ2) is 6.39. The van der Waals surface area contributed by atoms with Gasteiger partial charge in [0, 0.05) is 13.0 Å². The average Bonchev–Trinajstić information content (AvgIpc) is 2.89. The van der Waals surface area contributed by atoms with Gasteiger partial charge >= 0.3 is 5.97 Å². The first-order valence-electron chi connectivity index (χ1n) is 6.75. The lowest BCUT2D eigenvalue weighted by molar-refractivity contribution is -0.154. The zero-order valence-electron chi connectivity index (χ0n) is 11.4. The SMILES string of the molecule is CC(C)(C)OC(=O)CCCC[C@@H]1C[C@H]1CCO. The smallest absolute Gasteiger partial charge is 0.306 e. The Kier molecular flexibility index (Phi) is 5.44. The molecule has 2 atom stereocenters. The molecular weight excluding hydrogens is 216 g/mol. The van der Waals surface area contributed by atoms with Gasteiger partial charge in [-0.3, -0.25) is 4.79 Å². The van der Waals surface area contributed by atoms with Crippen molar-refractivity contribution in [1.29, 1.82) is 0 Å². The average molecular weight is 242 g/mol. The van der Waals surface area contributed by atoms with Crippen LogP contribution in [0.1, 0.15) is 59.3 Å². The number of rotatable bonds is 7. The molecule has 0 spiro atoms. The first kappa shape index (κ1) is 14.5. The number of unbranched alkanes of at least 4 members (excludes halogenated alkanes) is 1. The third-order valence-electron chi connectivity index (χ3n) is 3.19. The van der Waals surface area contributed by atoms with Crippen LogP contribution in [0.3, 0.4) is 0 Å². The maximum atomic E-state index is 11.4. The van der Waals surface area contributed by atoms with Gasteiger partial charge in [-0.25, -0.2) is 0 Å². The minimum absolute atomic E-state index is 0.0831. The van der Waals surface area contributed by atoms with Crippen LogP contribution in [0, 0.1) is 11.8 Å². The zero-order valence-corrected chi connectivity index (χ0v) is 11.4. The summed E-state index contributed by atoms with van der Waals surface area (Å²) in [5.74, 6) is 1.47. The van der Waals surface area contributed by atoms with Gasteiger partial charge in [-0.05, 0) is 51.9 Å². The van der Waals surface area contributed by atoms with E-state index in [4.69, 9.17) is 9.84 Å². The van der Waals surface area contributed by atoms with Gasteiger partial charge < -0.3 is 9.84 Å². The lowest BCUT2D eigenvalue weighted by Crippen LogP contribution is -2.23. The summed E-state index contributed by atoms with van der Waals surface area (Å²) in [5.41, 5.74) is -0.361. The van der Waals surface area contributed by atoms with Gasteiger partial charge in [-0.2, -0.15) is 0 Å². The van der Waals surface area contributed by atoms with Crippen molar-refractivity contribution in [3.8, 4) is 0 Å². The molecule has 0 unspecified atom stereocenters. The normalized spacial score (nSPS) is 23.5. The number of aliphatic hydroxyl groups excluding tert-OH is 1. The molecular formula is C14H26O3. The van der Waals surface area contributed by atoms with E-state index in [1.54, 1.807) is 0 Å². The van der Waals surface area contributed by atoms with Crippen LogP contribution in [0.2, 0.25) is 0 Å². The molecule has 0 aliphatic heterocycles. The maximum absolute atomic E-state index is 11.4. The van der Waals surface area contributed by atoms with E-state index in [0.717, 1.165) is 31.1 Å². The van der Waals surface area contributed by atoms with Crippen LogP contribution in [-0.2, 0) is 9.53 Å². The highest BCUT2D eigenvalue weighted by molar-refractivity contribution is 5.69. The van der Waals surface area contributed by atoms with E-state index in [0.29, 0.717) is 13.0 Å². The molecule has 0 amide bonds. The van der Waals surface area contributed by atoms with Gasteiger partial charge in [-0.1, -0.05) is 12.8 Å². The maximum Gasteiger partial charge on any atom is 0.306 e. The highest BCUT2D eigenvalue weighted by Gasteiger charge is 2.35. The van der Waals surface area contributed by atoms with E-state index in [1.807, 2.05) is 20.8 Å². The fraction of sp³-hybridized carbons (Fsp3) is 0.929. The number of carbonyl (C=O) groups excluding carboxylic acids is 1. The molecule has 1 fully saturated rings. The Balaban J connectivity index is 1.96. The molecule has 1 saturated carbocycles. The van der Waals surface area contributed by atoms with Gasteiger partial charge in [0.2, 0.25) is 0 Å². The van der Waals surface area contributed by atoms with Crippen molar-refractivity contribution in [3.63, 3.8) is 0 Å². The summed E-state index contributed by atoms with van der Waals surface area (Å²) >= 11 is 0. The number of carbonyl (C=O) groups is 1. The Hall–Kier alpha value is -0.570. The van der Waals surface area contributed by atoms with Crippen molar-refractivity contribution in [3.05, 3.63) is 0 Å².